The number of hydrogen-bond acceptors (Lipinski definition) is 32. The van der Waals surface area contributed by atoms with E-state index in [2.05, 4.69) is 72.7 Å². The van der Waals surface area contributed by atoms with Crippen LogP contribution < -0.4 is 21.7 Å². The number of phenolic OH excluding ortho intramolecular Hbond substituents is 14. The van der Waals surface area contributed by atoms with Crippen LogP contribution in [0.4, 0.5) is 0 Å². The summed E-state index contributed by atoms with van der Waals surface area (Å²) in [7, 11) is -4.17. The first-order valence-electron chi connectivity index (χ1n) is 35.2. The van der Waals surface area contributed by atoms with E-state index in [1.807, 2.05) is 51.3 Å². The molecular weight excluding hydrogens is 2120 g/mol. The van der Waals surface area contributed by atoms with Crippen LogP contribution in [-0.2, 0) is 14.6 Å². The Morgan fingerprint density at radius 1 is 0.444 bits per heavy atom. The van der Waals surface area contributed by atoms with Gasteiger partial charge in [-0.15, -0.1) is 45.3 Å². The molecule has 0 fully saturated rings. The van der Waals surface area contributed by atoms with Crippen molar-refractivity contribution in [3.05, 3.63) is 281 Å². The lowest BCUT2D eigenvalue weighted by Crippen LogP contribution is -2.12. The number of aromatic hydroxyl groups is 14. The van der Waals surface area contributed by atoms with Gasteiger partial charge in [0.1, 0.15) is 31.0 Å². The van der Waals surface area contributed by atoms with Crippen LogP contribution in [0.1, 0.15) is 75.7 Å². The average molecular weight is 2180 g/mol. The Morgan fingerprint density at radius 2 is 0.871 bits per heavy atom. The van der Waals surface area contributed by atoms with Crippen molar-refractivity contribution in [2.24, 2.45) is 4.99 Å². The number of aliphatic hydroxyl groups is 1. The van der Waals surface area contributed by atoms with Gasteiger partial charge >= 0.3 is 0 Å². The fourth-order valence-electron chi connectivity index (χ4n) is 11.4. The number of aromatic nitrogens is 4. The summed E-state index contributed by atoms with van der Waals surface area (Å²) in [5.41, 5.74) is 6.55. The second-order valence-corrected chi connectivity index (χ2v) is 37.4. The summed E-state index contributed by atoms with van der Waals surface area (Å²) in [5.74, 6) is -5.22. The van der Waals surface area contributed by atoms with Gasteiger partial charge in [-0.2, -0.15) is 5.26 Å². The second-order valence-electron chi connectivity index (χ2n) is 26.6. The summed E-state index contributed by atoms with van der Waals surface area (Å²) >= 11 is 17.8. The van der Waals surface area contributed by atoms with Crippen molar-refractivity contribution in [3.63, 3.8) is 0 Å². The number of Topliss-reactive ketones (excluding diaryl/α,β-unsaturated/α-hetero) is 1. The van der Waals surface area contributed by atoms with Crippen LogP contribution in [0.5, 0.6) is 80.5 Å². The van der Waals surface area contributed by atoms with E-state index in [1.54, 1.807) is 131 Å². The molecule has 5 aliphatic carbocycles. The second kappa shape index (κ2) is 38.7. The Kier molecular flexibility index (Phi) is 28.9. The van der Waals surface area contributed by atoms with E-state index in [-0.39, 0.29) is 106 Å². The van der Waals surface area contributed by atoms with Crippen LogP contribution in [0.25, 0.3) is 89.9 Å². The highest BCUT2D eigenvalue weighted by molar-refractivity contribution is 14.1. The molecule has 0 aromatic heterocycles. The Labute approximate surface area is 770 Å². The molecule has 0 bridgehead atoms. The Morgan fingerprint density at radius 3 is 1.32 bits per heavy atom. The molecule has 0 amide bonds. The zero-order valence-electron chi connectivity index (χ0n) is 63.9. The van der Waals surface area contributed by atoms with Gasteiger partial charge in [0, 0.05) is 81.1 Å². The number of aryl methyl sites for hydroxylation is 5. The molecule has 124 heavy (non-hydrogen) atoms. The van der Waals surface area contributed by atoms with Crippen molar-refractivity contribution < 1.29 is 89.8 Å². The molecule has 38 heteroatoms. The third-order valence-corrected chi connectivity index (χ3v) is 27.7. The smallest absolute Gasteiger partial charge is 0.234 e. The number of allylic oxidation sites excluding steroid dienone is 7. The first-order valence-corrected chi connectivity index (χ1v) is 44.4. The number of nitrogens with zero attached hydrogens (tertiary/aromatic N) is 6. The van der Waals surface area contributed by atoms with Gasteiger partial charge < -0.3 is 76.6 Å². The van der Waals surface area contributed by atoms with Crippen molar-refractivity contribution in [1.82, 2.24) is 19.9 Å². The molecule has 630 valence electrons. The van der Waals surface area contributed by atoms with Gasteiger partial charge in [0.05, 0.1) is 45.6 Å². The van der Waals surface area contributed by atoms with Crippen molar-refractivity contribution >= 4 is 208 Å². The highest BCUT2D eigenvalue weighted by Crippen LogP contribution is 2.45. The third kappa shape index (κ3) is 20.5. The van der Waals surface area contributed by atoms with Crippen LogP contribution in [0.3, 0.4) is 0 Å². The molecule has 0 spiro atoms. The molecule has 5 aromatic carbocycles. The van der Waals surface area contributed by atoms with E-state index in [9.17, 15) is 114 Å². The normalized spacial score (nSPS) is 13.6. The van der Waals surface area contributed by atoms with Crippen LogP contribution in [0.2, 0.25) is 0 Å². The molecule has 0 atom stereocenters. The van der Waals surface area contributed by atoms with E-state index < -0.39 is 43.2 Å². The number of carbonyl (C=O) groups is 1. The summed E-state index contributed by atoms with van der Waals surface area (Å²) in [6.07, 6.45) is 24.5. The first kappa shape index (κ1) is 92.5. The summed E-state index contributed by atoms with van der Waals surface area (Å²) in [5, 5.41) is 158. The highest BCUT2D eigenvalue weighted by Gasteiger charge is 2.33. The summed E-state index contributed by atoms with van der Waals surface area (Å²) in [6.45, 7) is 8.08. The number of hydrogen-bond donors (Lipinski definition) is 15. The largest absolute Gasteiger partial charge is 0.504 e. The van der Waals surface area contributed by atoms with Crippen LogP contribution in [0.15, 0.2) is 187 Å². The topological polar surface area (TPSA) is 511 Å². The molecule has 15 rings (SSSR count). The quantitative estimate of drug-likeness (QED) is 0.0362. The van der Waals surface area contributed by atoms with Gasteiger partial charge in [-0.1, -0.05) is 24.3 Å². The number of halogens is 5. The number of aliphatic imine (C=N–C) groups is 1. The third-order valence-electron chi connectivity index (χ3n) is 17.8. The van der Waals surface area contributed by atoms with Crippen LogP contribution >= 0.6 is 138 Å². The monoisotopic (exact) mass is 2180 g/mol. The number of aliphatic hydroxyl groups excluding tert-OH is 1. The minimum absolute atomic E-state index is 0.126. The molecule has 5 aliphatic heterocycles. The average Bonchev–Trinajstić information content (AvgIpc) is 0.744. The summed E-state index contributed by atoms with van der Waals surface area (Å²) in [6, 6.07) is 22.4. The number of benzene rings is 9. The maximum absolute atomic E-state index is 12.7. The lowest BCUT2D eigenvalue weighted by atomic mass is 10.1. The molecule has 0 radical (unpaired) electrons. The van der Waals surface area contributed by atoms with E-state index in [1.165, 1.54) is 114 Å². The number of phenols is 14. The van der Waals surface area contributed by atoms with E-state index in [0.717, 1.165) is 11.3 Å². The maximum atomic E-state index is 12.7. The van der Waals surface area contributed by atoms with Crippen molar-refractivity contribution in [2.75, 3.05) is 0 Å². The van der Waals surface area contributed by atoms with E-state index in [4.69, 9.17) is 0 Å². The van der Waals surface area contributed by atoms with Crippen LogP contribution in [-0.4, -0.2) is 117 Å². The first-order chi connectivity index (χ1) is 58.5. The van der Waals surface area contributed by atoms with Crippen molar-refractivity contribution in [1.29, 1.82) is 5.26 Å². The van der Waals surface area contributed by atoms with Gasteiger partial charge in [-0.05, 0) is 282 Å². The minimum Gasteiger partial charge on any atom is -0.504 e. The molecule has 10 aliphatic rings. The Balaban J connectivity index is 0.000000151. The highest BCUT2D eigenvalue weighted by atomic mass is 127. The molecule has 0 saturated heterocycles. The predicted molar refractivity (Wildman–Crippen MR) is 504 cm³/mol. The van der Waals surface area contributed by atoms with Crippen LogP contribution in [0, 0.1) is 53.1 Å². The van der Waals surface area contributed by atoms with E-state index >= 15 is 0 Å². The number of ketones is 1. The number of carbonyl (C=O) groups excluding carboxylic acids is 1. The fraction of sp³-hybridized carbons (Fsp3) is 0.0581. The molecule has 0 unspecified atom stereocenters. The molecule has 5 aromatic rings. The van der Waals surface area contributed by atoms with Gasteiger partial charge in [-0.25, -0.2) is 33.3 Å². The number of fused-ring (bicyclic) bond motifs is 5. The Bertz CT molecular complexity index is 6930. The zero-order chi connectivity index (χ0) is 90.5. The minimum atomic E-state index is -4.17. The van der Waals surface area contributed by atoms with Gasteiger partial charge in [0.2, 0.25) is 37.3 Å². The predicted octanol–water partition coefficient (Wildman–Crippen LogP) is 18.1. The van der Waals surface area contributed by atoms with Gasteiger partial charge in [-0.3, -0.25) is 24.0 Å². The van der Waals surface area contributed by atoms with Crippen molar-refractivity contribution in [3.8, 4) is 128 Å². The molecule has 28 nitrogen and oxygen atoms in total. The lowest BCUT2D eigenvalue weighted by Gasteiger charge is -2.16. The maximum Gasteiger partial charge on any atom is 0.234 e. The number of sulfone groups is 1. The standard InChI is InChI=1S/C18H11IN2O4S.C17H12BrNO6S.2C17H12BrNO4S.C17H12INO4S/c1-8-2-11-7-21-18(26-17(11)16(25)14(8)23)10(6-20)3-9-4-12(19)15(24)13(22)5-9;1-8-4-10-7-19-13(26(24,25)17(10)16(23)14(8)21)3-2-9-5-11(18)15(22)12(20)6-9;1-8-6-10-7-19-12(24-17(10)16(23)14(8)21)5-3-9-2-4-11(20)15(22)13(9)18;2*1-8-4-10-7-19-13(24-17(10)16(23)14(8)21)3-2-9-5-11(18)15(22)12(20)6-9/h2-5,7,22,24-25H,1H3;2-7,20-21,23H,1H3;3*2-7,20,22-23H,1H3/b10-3+;;5-3+;2*3-2+. The van der Waals surface area contributed by atoms with Gasteiger partial charge in [0.15, 0.2) is 91.3 Å². The molecule has 0 saturated carbocycles. The molecular formula is C86H59Br3I2N6O22S5. The van der Waals surface area contributed by atoms with Gasteiger partial charge in [0.25, 0.3) is 0 Å². The SMILES string of the molecule is Cc1cc2c(c(O)c1O)S(=O)(=O)C(=CC=C1C=C(O)C(=O)C(Br)=C1)N=C2.Cc1cc2cnc(/C(C#N)=C/c3cc(O)c(O)c(I)c3)sc-2c(O)c1=O.Cc1cc2cnc(/C=C/c3cc(O)c(O)c(Br)c3)sc-2c(O)c1=O.Cc1cc2cnc(/C=C/c3cc(O)c(O)c(I)c3)sc-2c(O)c1=O.Cc1cc2cnc(/C=C/c3ccc(O)c(O)c3Br)sc-2c(O)c1=O. The fourth-order valence-corrected chi connectivity index (χ4v) is 19.1. The molecule has 5 heterocycles. The van der Waals surface area contributed by atoms with E-state index in [0.29, 0.717) is 134 Å². The summed E-state index contributed by atoms with van der Waals surface area (Å²) in [4.78, 5) is 81.4. The lowest BCUT2D eigenvalue weighted by molar-refractivity contribution is -0.113. The van der Waals surface area contributed by atoms with Crippen molar-refractivity contribution in [2.45, 2.75) is 39.5 Å². The summed E-state index contributed by atoms with van der Waals surface area (Å²) < 4.78 is 27.3. The molecule has 15 N–H and O–H groups in total. The number of nitriles is 1. The Hall–Kier alpha value is -12.2. The zero-order valence-corrected chi connectivity index (χ0v) is 77.1. The number of rotatable bonds is 9.